The second-order valence-electron chi connectivity index (χ2n) is 5.95. The van der Waals surface area contributed by atoms with E-state index in [0.29, 0.717) is 25.3 Å². The molecule has 0 aliphatic carbocycles. The average molecular weight is 417 g/mol. The molecule has 0 amide bonds. The first-order valence-electron chi connectivity index (χ1n) is 8.43. The lowest BCUT2D eigenvalue weighted by molar-refractivity contribution is 0.0684. The van der Waals surface area contributed by atoms with E-state index in [1.54, 1.807) is 7.11 Å². The minimum Gasteiger partial charge on any atom is -0.497 e. The van der Waals surface area contributed by atoms with Crippen molar-refractivity contribution in [3.05, 3.63) is 63.8 Å². The number of hydrogen-bond acceptors (Lipinski definition) is 3. The highest BCUT2D eigenvalue weighted by Crippen LogP contribution is 2.30. The van der Waals surface area contributed by atoms with Gasteiger partial charge in [0, 0.05) is 41.1 Å². The third-order valence-corrected chi connectivity index (χ3v) is 5.24. The van der Waals surface area contributed by atoms with Gasteiger partial charge in [-0.05, 0) is 30.7 Å². The zero-order valence-electron chi connectivity index (χ0n) is 14.8. The molecule has 1 aromatic heterocycles. The fraction of sp³-hybridized carbons (Fsp3) is 0.250. The standard InChI is InChI=1S/C20H21BrN2O3/c1-3-23-18-10-14(26-2)8-9-15(18)16(19(23)20(24)25)12-22-11-13-6-4-5-7-17(13)21/h4-10,22H,3,11-12H2,1-2H3,(H,24,25). The number of hydrogen-bond donors (Lipinski definition) is 2. The van der Waals surface area contributed by atoms with E-state index in [0.717, 1.165) is 32.3 Å². The summed E-state index contributed by atoms with van der Waals surface area (Å²) in [5.74, 6) is -0.200. The molecule has 3 aromatic rings. The third-order valence-electron chi connectivity index (χ3n) is 4.47. The summed E-state index contributed by atoms with van der Waals surface area (Å²) in [7, 11) is 1.61. The minimum atomic E-state index is -0.917. The summed E-state index contributed by atoms with van der Waals surface area (Å²) in [6, 6.07) is 13.7. The van der Waals surface area contributed by atoms with Gasteiger partial charge in [0.1, 0.15) is 11.4 Å². The molecule has 0 saturated carbocycles. The Labute approximate surface area is 160 Å². The number of rotatable bonds is 7. The van der Waals surface area contributed by atoms with Gasteiger partial charge in [0.05, 0.1) is 12.6 Å². The first-order chi connectivity index (χ1) is 12.6. The fourth-order valence-corrected chi connectivity index (χ4v) is 3.67. The summed E-state index contributed by atoms with van der Waals surface area (Å²) >= 11 is 3.54. The summed E-state index contributed by atoms with van der Waals surface area (Å²) in [6.45, 7) is 3.65. The zero-order valence-corrected chi connectivity index (χ0v) is 16.3. The summed E-state index contributed by atoms with van der Waals surface area (Å²) in [4.78, 5) is 11.9. The first kappa shape index (κ1) is 18.5. The Morgan fingerprint density at radius 3 is 2.65 bits per heavy atom. The topological polar surface area (TPSA) is 63.5 Å². The van der Waals surface area contributed by atoms with Crippen molar-refractivity contribution in [3.63, 3.8) is 0 Å². The van der Waals surface area contributed by atoms with Gasteiger partial charge in [0.2, 0.25) is 0 Å². The van der Waals surface area contributed by atoms with Crippen molar-refractivity contribution in [2.45, 2.75) is 26.6 Å². The number of fused-ring (bicyclic) bond motifs is 1. The van der Waals surface area contributed by atoms with Crippen molar-refractivity contribution in [1.82, 2.24) is 9.88 Å². The first-order valence-corrected chi connectivity index (χ1v) is 9.22. The number of carbonyl (C=O) groups is 1. The number of methoxy groups -OCH3 is 1. The molecule has 0 radical (unpaired) electrons. The van der Waals surface area contributed by atoms with E-state index in [4.69, 9.17) is 4.74 Å². The lowest BCUT2D eigenvalue weighted by Crippen LogP contribution is -2.17. The molecule has 0 bridgehead atoms. The molecular formula is C20H21BrN2O3. The number of carboxylic acid groups (broad SMARTS) is 1. The molecule has 2 aromatic carbocycles. The number of nitrogens with one attached hydrogen (secondary N) is 1. The van der Waals surface area contributed by atoms with Crippen LogP contribution in [0.4, 0.5) is 0 Å². The molecule has 6 heteroatoms. The van der Waals surface area contributed by atoms with Crippen LogP contribution in [0.1, 0.15) is 28.5 Å². The van der Waals surface area contributed by atoms with Crippen LogP contribution in [0.2, 0.25) is 0 Å². The smallest absolute Gasteiger partial charge is 0.352 e. The van der Waals surface area contributed by atoms with Gasteiger partial charge < -0.3 is 19.7 Å². The number of carboxylic acids is 1. The minimum absolute atomic E-state index is 0.329. The van der Waals surface area contributed by atoms with Crippen molar-refractivity contribution < 1.29 is 14.6 Å². The van der Waals surface area contributed by atoms with Gasteiger partial charge in [-0.1, -0.05) is 34.1 Å². The van der Waals surface area contributed by atoms with Gasteiger partial charge in [-0.2, -0.15) is 0 Å². The average Bonchev–Trinajstić information content (AvgIpc) is 2.96. The van der Waals surface area contributed by atoms with E-state index >= 15 is 0 Å². The Hall–Kier alpha value is -2.31. The van der Waals surface area contributed by atoms with E-state index < -0.39 is 5.97 Å². The molecular weight excluding hydrogens is 396 g/mol. The Balaban J connectivity index is 1.97. The van der Waals surface area contributed by atoms with E-state index in [-0.39, 0.29) is 0 Å². The number of ether oxygens (including phenoxy) is 1. The normalized spacial score (nSPS) is 11.0. The fourth-order valence-electron chi connectivity index (χ4n) is 3.24. The molecule has 0 spiro atoms. The van der Waals surface area contributed by atoms with E-state index in [9.17, 15) is 9.90 Å². The van der Waals surface area contributed by atoms with Crippen LogP contribution in [0.3, 0.4) is 0 Å². The van der Waals surface area contributed by atoms with Crippen molar-refractivity contribution >= 4 is 32.8 Å². The Morgan fingerprint density at radius 1 is 1.23 bits per heavy atom. The summed E-state index contributed by atoms with van der Waals surface area (Å²) in [6.07, 6.45) is 0. The number of benzene rings is 2. The predicted molar refractivity (Wildman–Crippen MR) is 106 cm³/mol. The molecule has 2 N–H and O–H groups in total. The maximum Gasteiger partial charge on any atom is 0.352 e. The van der Waals surface area contributed by atoms with Crippen LogP contribution in [-0.2, 0) is 19.6 Å². The largest absolute Gasteiger partial charge is 0.497 e. The van der Waals surface area contributed by atoms with E-state index in [1.165, 1.54) is 0 Å². The molecule has 3 rings (SSSR count). The van der Waals surface area contributed by atoms with Crippen LogP contribution >= 0.6 is 15.9 Å². The number of halogens is 1. The van der Waals surface area contributed by atoms with Crippen molar-refractivity contribution in [2.24, 2.45) is 0 Å². The van der Waals surface area contributed by atoms with E-state index in [2.05, 4.69) is 21.2 Å². The molecule has 0 unspecified atom stereocenters. The summed E-state index contributed by atoms with van der Waals surface area (Å²) < 4.78 is 8.16. The van der Waals surface area contributed by atoms with E-state index in [1.807, 2.05) is 54.0 Å². The van der Waals surface area contributed by atoms with Crippen LogP contribution < -0.4 is 10.1 Å². The quantitative estimate of drug-likeness (QED) is 0.598. The third kappa shape index (κ3) is 3.48. The molecule has 26 heavy (non-hydrogen) atoms. The number of nitrogens with zero attached hydrogens (tertiary/aromatic N) is 1. The van der Waals surface area contributed by atoms with Crippen molar-refractivity contribution in [2.75, 3.05) is 7.11 Å². The summed E-state index contributed by atoms with van der Waals surface area (Å²) in [5.41, 5.74) is 3.13. The number of aromatic nitrogens is 1. The van der Waals surface area contributed by atoms with Crippen molar-refractivity contribution in [3.8, 4) is 5.75 Å². The van der Waals surface area contributed by atoms with Gasteiger partial charge in [-0.3, -0.25) is 0 Å². The maximum atomic E-state index is 11.9. The molecule has 0 saturated heterocycles. The van der Waals surface area contributed by atoms with Crippen LogP contribution in [-0.4, -0.2) is 22.8 Å². The predicted octanol–water partition coefficient (Wildman–Crippen LogP) is 4.42. The van der Waals surface area contributed by atoms with Crippen LogP contribution in [0.25, 0.3) is 10.9 Å². The van der Waals surface area contributed by atoms with Gasteiger partial charge in [0.25, 0.3) is 0 Å². The monoisotopic (exact) mass is 416 g/mol. The molecule has 1 heterocycles. The number of aromatic carboxylic acids is 1. The van der Waals surface area contributed by atoms with Crippen LogP contribution in [0.15, 0.2) is 46.9 Å². The second kappa shape index (κ2) is 7.93. The van der Waals surface area contributed by atoms with Gasteiger partial charge in [-0.25, -0.2) is 4.79 Å². The Kier molecular flexibility index (Phi) is 5.64. The molecule has 0 atom stereocenters. The second-order valence-corrected chi connectivity index (χ2v) is 6.81. The SMILES string of the molecule is CCn1c(C(=O)O)c(CNCc2ccccc2Br)c2ccc(OC)cc21. The van der Waals surface area contributed by atoms with Gasteiger partial charge in [-0.15, -0.1) is 0 Å². The number of aryl methyl sites for hydroxylation is 1. The highest BCUT2D eigenvalue weighted by atomic mass is 79.9. The Morgan fingerprint density at radius 2 is 2.00 bits per heavy atom. The van der Waals surface area contributed by atoms with Crippen LogP contribution in [0, 0.1) is 0 Å². The van der Waals surface area contributed by atoms with Crippen LogP contribution in [0.5, 0.6) is 5.75 Å². The molecule has 5 nitrogen and oxygen atoms in total. The summed E-state index contributed by atoms with van der Waals surface area (Å²) in [5, 5.41) is 14.1. The highest BCUT2D eigenvalue weighted by Gasteiger charge is 2.21. The lowest BCUT2D eigenvalue weighted by atomic mass is 10.1. The van der Waals surface area contributed by atoms with Gasteiger partial charge >= 0.3 is 5.97 Å². The lowest BCUT2D eigenvalue weighted by Gasteiger charge is -2.08. The maximum absolute atomic E-state index is 11.9. The zero-order chi connectivity index (χ0) is 18.7. The van der Waals surface area contributed by atoms with Gasteiger partial charge in [0.15, 0.2) is 0 Å². The molecule has 0 fully saturated rings. The molecule has 0 aliphatic rings. The molecule has 0 aliphatic heterocycles. The molecule has 136 valence electrons. The Bertz CT molecular complexity index is 950. The highest BCUT2D eigenvalue weighted by molar-refractivity contribution is 9.10. The van der Waals surface area contributed by atoms with Crippen molar-refractivity contribution in [1.29, 1.82) is 0 Å².